The minimum atomic E-state index is -0.642. The Morgan fingerprint density at radius 1 is 1.11 bits per heavy atom. The zero-order valence-electron chi connectivity index (χ0n) is 16.5. The van der Waals surface area contributed by atoms with E-state index in [0.717, 1.165) is 16.9 Å². The van der Waals surface area contributed by atoms with Crippen molar-refractivity contribution in [3.63, 3.8) is 0 Å². The van der Waals surface area contributed by atoms with Crippen molar-refractivity contribution in [1.29, 1.82) is 0 Å². The molecule has 3 rings (SSSR count). The number of rotatable bonds is 5. The first-order valence-corrected chi connectivity index (χ1v) is 8.91. The topological polar surface area (TPSA) is 92.3 Å². The predicted molar refractivity (Wildman–Crippen MR) is 107 cm³/mol. The third-order valence-corrected chi connectivity index (χ3v) is 4.03. The number of aromatic nitrogens is 3. The predicted octanol–water partition coefficient (Wildman–Crippen LogP) is 3.54. The molecule has 0 aliphatic carbocycles. The van der Waals surface area contributed by atoms with Crippen LogP contribution in [0.2, 0.25) is 0 Å². The Hall–Kier alpha value is -3.35. The van der Waals surface area contributed by atoms with E-state index in [0.29, 0.717) is 12.2 Å². The average molecular weight is 380 g/mol. The smallest absolute Gasteiger partial charge is 0.344 e. The molecular weight excluding hydrogens is 356 g/mol. The van der Waals surface area contributed by atoms with Crippen LogP contribution in [0.3, 0.4) is 0 Å². The Bertz CT molecular complexity index is 958. The molecule has 3 aromatic rings. The molecule has 1 aromatic carbocycles. The van der Waals surface area contributed by atoms with Crippen LogP contribution in [0.5, 0.6) is 5.75 Å². The fraction of sp³-hybridized carbons (Fsp3) is 0.286. The highest BCUT2D eigenvalue weighted by Crippen LogP contribution is 2.30. The highest BCUT2D eigenvalue weighted by atomic mass is 16.6. The SMILES string of the molecule is COc1ccc(Cn2nc(N)c(C(=O)OC(C)(C)C)c2-c2ccncc2)cc1. The summed E-state index contributed by atoms with van der Waals surface area (Å²) in [7, 11) is 1.62. The molecule has 0 atom stereocenters. The van der Waals surface area contributed by atoms with E-state index in [1.807, 2.05) is 57.2 Å². The largest absolute Gasteiger partial charge is 0.497 e. The molecule has 0 unspecified atom stereocenters. The van der Waals surface area contributed by atoms with Gasteiger partial charge in [0, 0.05) is 18.0 Å². The maximum atomic E-state index is 12.8. The van der Waals surface area contributed by atoms with Crippen molar-refractivity contribution in [3.8, 4) is 17.0 Å². The van der Waals surface area contributed by atoms with Gasteiger partial charge in [0.05, 0.1) is 19.3 Å². The lowest BCUT2D eigenvalue weighted by Gasteiger charge is -2.20. The minimum Gasteiger partial charge on any atom is -0.497 e. The maximum absolute atomic E-state index is 12.8. The number of nitrogens with two attached hydrogens (primary N) is 1. The van der Waals surface area contributed by atoms with Crippen LogP contribution in [-0.2, 0) is 11.3 Å². The number of hydrogen-bond acceptors (Lipinski definition) is 6. The molecule has 28 heavy (non-hydrogen) atoms. The van der Waals surface area contributed by atoms with Gasteiger partial charge in [0.2, 0.25) is 0 Å². The third-order valence-electron chi connectivity index (χ3n) is 4.03. The van der Waals surface area contributed by atoms with Gasteiger partial charge in [-0.3, -0.25) is 9.67 Å². The number of benzene rings is 1. The van der Waals surface area contributed by atoms with Gasteiger partial charge < -0.3 is 15.2 Å². The monoisotopic (exact) mass is 380 g/mol. The van der Waals surface area contributed by atoms with Crippen LogP contribution in [0.4, 0.5) is 5.82 Å². The second-order valence-electron chi connectivity index (χ2n) is 7.35. The van der Waals surface area contributed by atoms with Gasteiger partial charge in [-0.2, -0.15) is 5.10 Å². The van der Waals surface area contributed by atoms with Crippen molar-refractivity contribution in [1.82, 2.24) is 14.8 Å². The van der Waals surface area contributed by atoms with E-state index in [9.17, 15) is 4.79 Å². The van der Waals surface area contributed by atoms with E-state index in [1.165, 1.54) is 0 Å². The first-order chi connectivity index (χ1) is 13.3. The van der Waals surface area contributed by atoms with Gasteiger partial charge in [0.1, 0.15) is 16.9 Å². The summed E-state index contributed by atoms with van der Waals surface area (Å²) in [5, 5.41) is 4.42. The second-order valence-corrected chi connectivity index (χ2v) is 7.35. The number of nitrogen functional groups attached to an aromatic ring is 1. The Kier molecular flexibility index (Phi) is 5.35. The summed E-state index contributed by atoms with van der Waals surface area (Å²) in [4.78, 5) is 16.9. The molecule has 146 valence electrons. The fourth-order valence-electron chi connectivity index (χ4n) is 2.83. The molecule has 0 amide bonds. The molecule has 2 heterocycles. The number of methoxy groups -OCH3 is 1. The van der Waals surface area contributed by atoms with Gasteiger partial charge in [0.25, 0.3) is 0 Å². The second kappa shape index (κ2) is 7.72. The number of carbonyl (C=O) groups excluding carboxylic acids is 1. The molecule has 0 spiro atoms. The molecule has 2 aromatic heterocycles. The number of nitrogens with zero attached hydrogens (tertiary/aromatic N) is 3. The minimum absolute atomic E-state index is 0.134. The zero-order chi connectivity index (χ0) is 20.3. The summed E-state index contributed by atoms with van der Waals surface area (Å²) in [5.41, 5.74) is 8.13. The van der Waals surface area contributed by atoms with Crippen LogP contribution in [-0.4, -0.2) is 33.4 Å². The number of esters is 1. The molecular formula is C21H24N4O3. The van der Waals surface area contributed by atoms with E-state index >= 15 is 0 Å². The zero-order valence-corrected chi connectivity index (χ0v) is 16.5. The molecule has 7 heteroatoms. The maximum Gasteiger partial charge on any atom is 0.344 e. The van der Waals surface area contributed by atoms with E-state index in [2.05, 4.69) is 10.1 Å². The van der Waals surface area contributed by atoms with Crippen molar-refractivity contribution in [2.45, 2.75) is 32.9 Å². The van der Waals surface area contributed by atoms with Crippen LogP contribution < -0.4 is 10.5 Å². The van der Waals surface area contributed by atoms with Crippen molar-refractivity contribution in [3.05, 3.63) is 59.9 Å². The lowest BCUT2D eigenvalue weighted by atomic mass is 10.1. The van der Waals surface area contributed by atoms with Gasteiger partial charge in [-0.15, -0.1) is 0 Å². The summed E-state index contributed by atoms with van der Waals surface area (Å²) < 4.78 is 12.5. The molecule has 7 nitrogen and oxygen atoms in total. The van der Waals surface area contributed by atoms with E-state index < -0.39 is 11.6 Å². The van der Waals surface area contributed by atoms with Gasteiger partial charge in [-0.25, -0.2) is 4.79 Å². The number of anilines is 1. The van der Waals surface area contributed by atoms with Crippen LogP contribution in [0.15, 0.2) is 48.8 Å². The summed E-state index contributed by atoms with van der Waals surface area (Å²) in [6.45, 7) is 5.88. The molecule has 0 radical (unpaired) electrons. The van der Waals surface area contributed by atoms with Gasteiger partial charge in [-0.05, 0) is 50.6 Å². The lowest BCUT2D eigenvalue weighted by molar-refractivity contribution is 0.00716. The van der Waals surface area contributed by atoms with E-state index in [1.54, 1.807) is 24.2 Å². The summed E-state index contributed by atoms with van der Waals surface area (Å²) in [6.07, 6.45) is 3.32. The number of pyridine rings is 1. The number of carbonyl (C=O) groups is 1. The van der Waals surface area contributed by atoms with Crippen molar-refractivity contribution < 1.29 is 14.3 Å². The lowest BCUT2D eigenvalue weighted by Crippen LogP contribution is -2.24. The summed E-state index contributed by atoms with van der Waals surface area (Å²) in [6, 6.07) is 11.3. The highest BCUT2D eigenvalue weighted by molar-refractivity contribution is 6.01. The average Bonchev–Trinajstić information content (AvgIpc) is 2.97. The van der Waals surface area contributed by atoms with Crippen molar-refractivity contribution >= 4 is 11.8 Å². The molecule has 0 fully saturated rings. The normalized spacial score (nSPS) is 11.3. The van der Waals surface area contributed by atoms with Crippen molar-refractivity contribution in [2.75, 3.05) is 12.8 Å². The molecule has 0 aliphatic rings. The molecule has 2 N–H and O–H groups in total. The highest BCUT2D eigenvalue weighted by Gasteiger charge is 2.28. The molecule has 0 bridgehead atoms. The van der Waals surface area contributed by atoms with E-state index in [-0.39, 0.29) is 11.4 Å². The van der Waals surface area contributed by atoms with Crippen molar-refractivity contribution in [2.24, 2.45) is 0 Å². The third kappa shape index (κ3) is 4.31. The first-order valence-electron chi connectivity index (χ1n) is 8.91. The Morgan fingerprint density at radius 3 is 2.32 bits per heavy atom. The molecule has 0 aliphatic heterocycles. The van der Waals surface area contributed by atoms with Crippen LogP contribution in [0, 0.1) is 0 Å². The van der Waals surface area contributed by atoms with Crippen LogP contribution in [0.25, 0.3) is 11.3 Å². The summed E-state index contributed by atoms with van der Waals surface area (Å²) in [5.74, 6) is 0.403. The molecule has 0 saturated heterocycles. The van der Waals surface area contributed by atoms with E-state index in [4.69, 9.17) is 15.2 Å². The Morgan fingerprint density at radius 2 is 1.75 bits per heavy atom. The van der Waals surface area contributed by atoms with Crippen LogP contribution in [0.1, 0.15) is 36.7 Å². The summed E-state index contributed by atoms with van der Waals surface area (Å²) >= 11 is 0. The standard InChI is InChI=1S/C21H24N4O3/c1-21(2,3)28-20(26)17-18(15-9-11-23-12-10-15)25(24-19(17)22)13-14-5-7-16(27-4)8-6-14/h5-12H,13H2,1-4H3,(H2,22,24). The fourth-order valence-corrected chi connectivity index (χ4v) is 2.83. The van der Waals surface area contributed by atoms with Gasteiger partial charge in [0.15, 0.2) is 5.82 Å². The Balaban J connectivity index is 2.06. The Labute approximate surface area is 164 Å². The number of ether oxygens (including phenoxy) is 2. The van der Waals surface area contributed by atoms with Gasteiger partial charge in [-0.1, -0.05) is 12.1 Å². The number of hydrogen-bond donors (Lipinski definition) is 1. The first kappa shape index (κ1) is 19.4. The quantitative estimate of drug-likeness (QED) is 0.681. The van der Waals surface area contributed by atoms with Gasteiger partial charge >= 0.3 is 5.97 Å². The van der Waals surface area contributed by atoms with Crippen LogP contribution >= 0.6 is 0 Å². The molecule has 0 saturated carbocycles.